The molecule has 5 nitrogen and oxygen atoms in total. The molecule has 2 rings (SSSR count). The molecule has 2 heterocycles. The Balaban J connectivity index is 1.79. The number of hydrogen-bond acceptors (Lipinski definition) is 6. The highest BCUT2D eigenvalue weighted by Gasteiger charge is 2.08. The summed E-state index contributed by atoms with van der Waals surface area (Å²) in [6, 6.07) is 3.74. The number of ether oxygens (including phenoxy) is 1. The van der Waals surface area contributed by atoms with E-state index >= 15 is 0 Å². The summed E-state index contributed by atoms with van der Waals surface area (Å²) in [4.78, 5) is 0. The van der Waals surface area contributed by atoms with Crippen molar-refractivity contribution in [2.45, 2.75) is 6.42 Å². The third-order valence-electron chi connectivity index (χ3n) is 2.20. The molecule has 0 spiro atoms. The van der Waals surface area contributed by atoms with E-state index in [1.165, 1.54) is 0 Å². The van der Waals surface area contributed by atoms with E-state index in [9.17, 15) is 0 Å². The SMILES string of the molecule is COCCNCCc1nnc(-c2ccco2)s1. The lowest BCUT2D eigenvalue weighted by atomic mass is 10.4. The van der Waals surface area contributed by atoms with Crippen LogP contribution < -0.4 is 5.32 Å². The molecule has 2 aromatic heterocycles. The van der Waals surface area contributed by atoms with Gasteiger partial charge in [-0.15, -0.1) is 10.2 Å². The second-order valence-corrected chi connectivity index (χ2v) is 4.53. The first-order valence-electron chi connectivity index (χ1n) is 5.46. The van der Waals surface area contributed by atoms with Crippen LogP contribution in [0.1, 0.15) is 5.01 Å². The number of rotatable bonds is 7. The second-order valence-electron chi connectivity index (χ2n) is 3.47. The molecule has 0 amide bonds. The maximum atomic E-state index is 5.27. The summed E-state index contributed by atoms with van der Waals surface area (Å²) in [5.74, 6) is 0.779. The zero-order valence-corrected chi connectivity index (χ0v) is 10.5. The Labute approximate surface area is 104 Å². The van der Waals surface area contributed by atoms with E-state index < -0.39 is 0 Å². The molecule has 0 aliphatic heterocycles. The van der Waals surface area contributed by atoms with E-state index in [4.69, 9.17) is 9.15 Å². The maximum absolute atomic E-state index is 5.27. The quantitative estimate of drug-likeness (QED) is 0.759. The van der Waals surface area contributed by atoms with Crippen molar-refractivity contribution in [3.63, 3.8) is 0 Å². The summed E-state index contributed by atoms with van der Waals surface area (Å²) in [5, 5.41) is 13.3. The number of nitrogens with zero attached hydrogens (tertiary/aromatic N) is 2. The summed E-state index contributed by atoms with van der Waals surface area (Å²) in [7, 11) is 1.70. The molecule has 0 saturated carbocycles. The Bertz CT molecular complexity index is 428. The smallest absolute Gasteiger partial charge is 0.183 e. The van der Waals surface area contributed by atoms with E-state index in [1.807, 2.05) is 12.1 Å². The topological polar surface area (TPSA) is 60.2 Å². The van der Waals surface area contributed by atoms with Crippen molar-refractivity contribution in [1.29, 1.82) is 0 Å². The van der Waals surface area contributed by atoms with Crippen molar-refractivity contribution in [3.05, 3.63) is 23.4 Å². The summed E-state index contributed by atoms with van der Waals surface area (Å²) >= 11 is 1.57. The average Bonchev–Trinajstić information content (AvgIpc) is 2.99. The van der Waals surface area contributed by atoms with Gasteiger partial charge in [-0.1, -0.05) is 11.3 Å². The van der Waals surface area contributed by atoms with Gasteiger partial charge in [-0.05, 0) is 12.1 Å². The van der Waals surface area contributed by atoms with Gasteiger partial charge in [0.1, 0.15) is 5.01 Å². The van der Waals surface area contributed by atoms with E-state index in [-0.39, 0.29) is 0 Å². The zero-order valence-electron chi connectivity index (χ0n) is 9.68. The molecular weight excluding hydrogens is 238 g/mol. The van der Waals surface area contributed by atoms with Gasteiger partial charge < -0.3 is 14.5 Å². The molecule has 0 unspecified atom stereocenters. The molecular formula is C11H15N3O2S. The predicted octanol–water partition coefficient (Wildman–Crippen LogP) is 1.58. The van der Waals surface area contributed by atoms with Gasteiger partial charge in [0.15, 0.2) is 10.8 Å². The van der Waals surface area contributed by atoms with Gasteiger partial charge in [-0.25, -0.2) is 0 Å². The van der Waals surface area contributed by atoms with Gasteiger partial charge in [0, 0.05) is 26.6 Å². The molecule has 92 valence electrons. The monoisotopic (exact) mass is 253 g/mol. The Morgan fingerprint density at radius 2 is 2.35 bits per heavy atom. The number of methoxy groups -OCH3 is 1. The summed E-state index contributed by atoms with van der Waals surface area (Å²) in [6.07, 6.45) is 2.52. The first kappa shape index (κ1) is 12.2. The fourth-order valence-electron chi connectivity index (χ4n) is 1.35. The van der Waals surface area contributed by atoms with Crippen molar-refractivity contribution in [1.82, 2.24) is 15.5 Å². The normalized spacial score (nSPS) is 10.9. The summed E-state index contributed by atoms with van der Waals surface area (Å²) < 4.78 is 10.2. The van der Waals surface area contributed by atoms with Crippen molar-refractivity contribution >= 4 is 11.3 Å². The van der Waals surface area contributed by atoms with Gasteiger partial charge in [0.2, 0.25) is 0 Å². The van der Waals surface area contributed by atoms with Crippen LogP contribution in [-0.2, 0) is 11.2 Å². The second kappa shape index (κ2) is 6.48. The Hall–Kier alpha value is -1.24. The number of aromatic nitrogens is 2. The van der Waals surface area contributed by atoms with E-state index in [2.05, 4.69) is 15.5 Å². The fraction of sp³-hybridized carbons (Fsp3) is 0.455. The lowest BCUT2D eigenvalue weighted by Crippen LogP contribution is -2.21. The van der Waals surface area contributed by atoms with E-state index in [0.717, 1.165) is 41.9 Å². The third-order valence-corrected chi connectivity index (χ3v) is 3.19. The van der Waals surface area contributed by atoms with Gasteiger partial charge in [-0.2, -0.15) is 0 Å². The van der Waals surface area contributed by atoms with E-state index in [1.54, 1.807) is 24.7 Å². The lowest BCUT2D eigenvalue weighted by molar-refractivity contribution is 0.199. The highest BCUT2D eigenvalue weighted by molar-refractivity contribution is 7.14. The maximum Gasteiger partial charge on any atom is 0.183 e. The molecule has 1 N–H and O–H groups in total. The van der Waals surface area contributed by atoms with E-state index in [0.29, 0.717) is 0 Å². The molecule has 0 aromatic carbocycles. The molecule has 0 saturated heterocycles. The number of nitrogens with one attached hydrogen (secondary N) is 1. The molecule has 17 heavy (non-hydrogen) atoms. The molecule has 0 aliphatic rings. The number of hydrogen-bond donors (Lipinski definition) is 1. The molecule has 0 atom stereocenters. The van der Waals surface area contributed by atoms with Crippen LogP contribution in [0.3, 0.4) is 0 Å². The van der Waals surface area contributed by atoms with Crippen LogP contribution in [0.5, 0.6) is 0 Å². The third kappa shape index (κ3) is 3.62. The van der Waals surface area contributed by atoms with Crippen LogP contribution in [0, 0.1) is 0 Å². The summed E-state index contributed by atoms with van der Waals surface area (Å²) in [5.41, 5.74) is 0. The molecule has 6 heteroatoms. The first-order valence-corrected chi connectivity index (χ1v) is 6.27. The van der Waals surface area contributed by atoms with Crippen LogP contribution in [-0.4, -0.2) is 37.0 Å². The predicted molar refractivity (Wildman–Crippen MR) is 66.1 cm³/mol. The lowest BCUT2D eigenvalue weighted by Gasteiger charge is -2.00. The van der Waals surface area contributed by atoms with Crippen molar-refractivity contribution < 1.29 is 9.15 Å². The fourth-order valence-corrected chi connectivity index (χ4v) is 2.16. The Morgan fingerprint density at radius 1 is 1.41 bits per heavy atom. The van der Waals surface area contributed by atoms with Crippen molar-refractivity contribution in [2.24, 2.45) is 0 Å². The van der Waals surface area contributed by atoms with Gasteiger partial charge in [0.25, 0.3) is 0 Å². The Kier molecular flexibility index (Phi) is 4.66. The summed E-state index contributed by atoms with van der Waals surface area (Å²) in [6.45, 7) is 2.48. The van der Waals surface area contributed by atoms with Crippen molar-refractivity contribution in [3.8, 4) is 10.8 Å². The molecule has 0 bridgehead atoms. The van der Waals surface area contributed by atoms with Crippen molar-refractivity contribution in [2.75, 3.05) is 26.8 Å². The standard InChI is InChI=1S/C11H15N3O2S/c1-15-8-6-12-5-4-10-13-14-11(17-10)9-3-2-7-16-9/h2-3,7,12H,4-6,8H2,1H3. The Morgan fingerprint density at radius 3 is 3.12 bits per heavy atom. The van der Waals surface area contributed by atoms with Gasteiger partial charge in [0.05, 0.1) is 12.9 Å². The van der Waals surface area contributed by atoms with Gasteiger partial charge in [-0.3, -0.25) is 0 Å². The zero-order chi connectivity index (χ0) is 11.9. The van der Waals surface area contributed by atoms with Crippen LogP contribution in [0.25, 0.3) is 10.8 Å². The highest BCUT2D eigenvalue weighted by atomic mass is 32.1. The van der Waals surface area contributed by atoms with Crippen LogP contribution >= 0.6 is 11.3 Å². The average molecular weight is 253 g/mol. The first-order chi connectivity index (χ1) is 8.40. The minimum Gasteiger partial charge on any atom is -0.462 e. The number of furan rings is 1. The minimum atomic E-state index is 0.730. The molecule has 0 radical (unpaired) electrons. The molecule has 0 fully saturated rings. The molecule has 2 aromatic rings. The molecule has 0 aliphatic carbocycles. The van der Waals surface area contributed by atoms with Crippen LogP contribution in [0.2, 0.25) is 0 Å². The van der Waals surface area contributed by atoms with Crippen LogP contribution in [0.15, 0.2) is 22.8 Å². The van der Waals surface area contributed by atoms with Gasteiger partial charge >= 0.3 is 0 Å². The minimum absolute atomic E-state index is 0.730. The largest absolute Gasteiger partial charge is 0.462 e. The van der Waals surface area contributed by atoms with Crippen LogP contribution in [0.4, 0.5) is 0 Å². The highest BCUT2D eigenvalue weighted by Crippen LogP contribution is 2.23.